The van der Waals surface area contributed by atoms with E-state index in [9.17, 15) is 27.6 Å². The Morgan fingerprint density at radius 3 is 2.32 bits per heavy atom. The number of carbonyl (C=O) groups excluding carboxylic acids is 3. The van der Waals surface area contributed by atoms with E-state index in [1.165, 1.54) is 5.01 Å². The largest absolute Gasteiger partial charge is 0.465 e. The number of rotatable bonds is 7. The average molecular weight is 496 g/mol. The van der Waals surface area contributed by atoms with Gasteiger partial charge >= 0.3 is 12.1 Å². The molecular weight excluding hydrogens is 475 g/mol. The summed E-state index contributed by atoms with van der Waals surface area (Å²) >= 11 is 5.96. The minimum atomic E-state index is -4.55. The smallest absolute Gasteiger partial charge is 0.416 e. The highest BCUT2D eigenvalue weighted by atomic mass is 35.5. The number of hydrazone groups is 1. The number of amides is 2. The Balaban J connectivity index is 1.85. The summed E-state index contributed by atoms with van der Waals surface area (Å²) in [6.07, 6.45) is -4.33. The SMILES string of the molecule is CCOC(=O)C1(C)CN(CC(=O)N(C=O)c2ccc(C(F)(F)F)cc2)N=C1c1ccc(Cl)cc1. The normalized spacial score (nSPS) is 17.8. The first-order valence-electron chi connectivity index (χ1n) is 10.2. The molecule has 180 valence electrons. The quantitative estimate of drug-likeness (QED) is 0.426. The highest BCUT2D eigenvalue weighted by Crippen LogP contribution is 2.34. The van der Waals surface area contributed by atoms with E-state index in [1.807, 2.05) is 0 Å². The molecule has 2 aromatic carbocycles. The van der Waals surface area contributed by atoms with Crippen LogP contribution in [0.15, 0.2) is 53.6 Å². The lowest BCUT2D eigenvalue weighted by atomic mass is 9.82. The second-order valence-electron chi connectivity index (χ2n) is 7.74. The zero-order chi connectivity index (χ0) is 25.1. The summed E-state index contributed by atoms with van der Waals surface area (Å²) in [7, 11) is 0. The van der Waals surface area contributed by atoms with E-state index in [4.69, 9.17) is 16.3 Å². The van der Waals surface area contributed by atoms with Gasteiger partial charge in [-0.25, -0.2) is 0 Å². The number of carbonyl (C=O) groups is 3. The fourth-order valence-electron chi connectivity index (χ4n) is 3.56. The highest BCUT2D eigenvalue weighted by Gasteiger charge is 2.47. The molecule has 1 unspecified atom stereocenters. The van der Waals surface area contributed by atoms with E-state index in [0.717, 1.165) is 24.3 Å². The molecule has 0 saturated heterocycles. The minimum absolute atomic E-state index is 0.00472. The van der Waals surface area contributed by atoms with E-state index < -0.39 is 35.6 Å². The zero-order valence-corrected chi connectivity index (χ0v) is 19.1. The summed E-state index contributed by atoms with van der Waals surface area (Å²) in [6.45, 7) is 3.05. The highest BCUT2D eigenvalue weighted by molar-refractivity contribution is 6.30. The Bertz CT molecular complexity index is 1100. The molecule has 2 aromatic rings. The van der Waals surface area contributed by atoms with Crippen molar-refractivity contribution in [1.29, 1.82) is 0 Å². The summed E-state index contributed by atoms with van der Waals surface area (Å²) < 4.78 is 43.6. The van der Waals surface area contributed by atoms with Crippen molar-refractivity contribution in [2.24, 2.45) is 10.5 Å². The van der Waals surface area contributed by atoms with E-state index in [0.29, 0.717) is 21.2 Å². The number of imide groups is 1. The monoisotopic (exact) mass is 495 g/mol. The standard InChI is InChI=1S/C23H21ClF3N3O4/c1-3-34-21(33)22(2)13-29(28-20(22)15-4-8-17(24)9-5-15)12-19(32)30(14-31)18-10-6-16(7-11-18)23(25,26)27/h4-11,14H,3,12-13H2,1-2H3. The molecule has 0 N–H and O–H groups in total. The Morgan fingerprint density at radius 1 is 1.18 bits per heavy atom. The van der Waals surface area contributed by atoms with Gasteiger partial charge in [-0.3, -0.25) is 24.3 Å². The van der Waals surface area contributed by atoms with E-state index in [2.05, 4.69) is 5.10 Å². The van der Waals surface area contributed by atoms with Gasteiger partial charge in [-0.2, -0.15) is 18.3 Å². The van der Waals surface area contributed by atoms with Crippen LogP contribution in [0, 0.1) is 5.41 Å². The Morgan fingerprint density at radius 2 is 1.79 bits per heavy atom. The molecule has 11 heteroatoms. The third-order valence-corrected chi connectivity index (χ3v) is 5.52. The average Bonchev–Trinajstić information content (AvgIpc) is 3.12. The van der Waals surface area contributed by atoms with Crippen molar-refractivity contribution in [1.82, 2.24) is 5.01 Å². The van der Waals surface area contributed by atoms with Gasteiger partial charge in [-0.1, -0.05) is 23.7 Å². The van der Waals surface area contributed by atoms with Gasteiger partial charge in [0.1, 0.15) is 12.0 Å². The van der Waals surface area contributed by atoms with Crippen LogP contribution in [0.3, 0.4) is 0 Å². The third kappa shape index (κ3) is 5.22. The summed E-state index contributed by atoms with van der Waals surface area (Å²) in [5.74, 6) is -1.27. The lowest BCUT2D eigenvalue weighted by Gasteiger charge is -2.25. The molecule has 1 heterocycles. The van der Waals surface area contributed by atoms with Crippen molar-refractivity contribution in [3.63, 3.8) is 0 Å². The van der Waals surface area contributed by atoms with Gasteiger partial charge in [-0.15, -0.1) is 0 Å². The molecule has 0 radical (unpaired) electrons. The first-order valence-corrected chi connectivity index (χ1v) is 10.6. The van der Waals surface area contributed by atoms with Crippen molar-refractivity contribution >= 4 is 41.3 Å². The molecule has 0 aromatic heterocycles. The molecule has 0 fully saturated rings. The first kappa shape index (κ1) is 25.2. The van der Waals surface area contributed by atoms with Crippen LogP contribution in [0.4, 0.5) is 18.9 Å². The summed E-state index contributed by atoms with van der Waals surface area (Å²) in [4.78, 5) is 37.9. The second-order valence-corrected chi connectivity index (χ2v) is 8.18. The van der Waals surface area contributed by atoms with Crippen LogP contribution in [0.5, 0.6) is 0 Å². The van der Waals surface area contributed by atoms with Gasteiger partial charge in [-0.05, 0) is 55.8 Å². The fourth-order valence-corrected chi connectivity index (χ4v) is 3.69. The van der Waals surface area contributed by atoms with Crippen LogP contribution in [0.25, 0.3) is 0 Å². The van der Waals surface area contributed by atoms with Crippen LogP contribution in [0.2, 0.25) is 5.02 Å². The minimum Gasteiger partial charge on any atom is -0.465 e. The van der Waals surface area contributed by atoms with Crippen LogP contribution in [-0.2, 0) is 25.3 Å². The molecule has 0 saturated carbocycles. The van der Waals surface area contributed by atoms with E-state index in [1.54, 1.807) is 38.1 Å². The number of anilines is 1. The third-order valence-electron chi connectivity index (χ3n) is 5.27. The number of ether oxygens (including phenoxy) is 1. The van der Waals surface area contributed by atoms with Gasteiger partial charge in [0.05, 0.1) is 30.1 Å². The molecule has 0 spiro atoms. The predicted octanol–water partition coefficient (Wildman–Crippen LogP) is 4.14. The van der Waals surface area contributed by atoms with Crippen molar-refractivity contribution in [2.75, 3.05) is 24.6 Å². The van der Waals surface area contributed by atoms with Crippen molar-refractivity contribution < 1.29 is 32.3 Å². The number of nitrogens with zero attached hydrogens (tertiary/aromatic N) is 3. The number of benzene rings is 2. The van der Waals surface area contributed by atoms with Crippen LogP contribution in [0.1, 0.15) is 25.0 Å². The number of esters is 1. The first-order chi connectivity index (χ1) is 16.0. The van der Waals surface area contributed by atoms with Crippen LogP contribution in [-0.4, -0.2) is 48.7 Å². The van der Waals surface area contributed by atoms with Crippen molar-refractivity contribution in [2.45, 2.75) is 20.0 Å². The lowest BCUT2D eigenvalue weighted by Crippen LogP contribution is -2.43. The lowest BCUT2D eigenvalue weighted by molar-refractivity contribution is -0.150. The topological polar surface area (TPSA) is 79.3 Å². The van der Waals surface area contributed by atoms with Gasteiger partial charge in [0.25, 0.3) is 5.91 Å². The fraction of sp³-hybridized carbons (Fsp3) is 0.304. The van der Waals surface area contributed by atoms with Gasteiger partial charge in [0.15, 0.2) is 0 Å². The molecule has 0 bridgehead atoms. The molecule has 2 amide bonds. The van der Waals surface area contributed by atoms with Crippen molar-refractivity contribution in [3.05, 3.63) is 64.7 Å². The number of hydrogen-bond acceptors (Lipinski definition) is 6. The molecule has 3 rings (SSSR count). The summed E-state index contributed by atoms with van der Waals surface area (Å²) in [5, 5.41) is 6.25. The Hall–Kier alpha value is -3.40. The molecule has 1 aliphatic heterocycles. The molecular formula is C23H21ClF3N3O4. The number of alkyl halides is 3. The van der Waals surface area contributed by atoms with Crippen LogP contribution < -0.4 is 4.90 Å². The maximum atomic E-state index is 12.8. The van der Waals surface area contributed by atoms with Gasteiger partial charge in [0.2, 0.25) is 6.41 Å². The number of halogens is 4. The molecule has 0 aliphatic carbocycles. The Kier molecular flexibility index (Phi) is 7.30. The maximum Gasteiger partial charge on any atom is 0.416 e. The van der Waals surface area contributed by atoms with E-state index >= 15 is 0 Å². The van der Waals surface area contributed by atoms with E-state index in [-0.39, 0.29) is 25.2 Å². The molecule has 7 nitrogen and oxygen atoms in total. The zero-order valence-electron chi connectivity index (χ0n) is 18.3. The van der Waals surface area contributed by atoms with Crippen LogP contribution >= 0.6 is 11.6 Å². The Labute approximate surface area is 198 Å². The van der Waals surface area contributed by atoms with Crippen molar-refractivity contribution in [3.8, 4) is 0 Å². The molecule has 34 heavy (non-hydrogen) atoms. The predicted molar refractivity (Wildman–Crippen MR) is 119 cm³/mol. The summed E-state index contributed by atoms with van der Waals surface area (Å²) in [5.41, 5.74) is -1.17. The van der Waals surface area contributed by atoms with Gasteiger partial charge < -0.3 is 4.74 Å². The second kappa shape index (κ2) is 9.84. The molecule has 1 atom stereocenters. The number of hydrogen-bond donors (Lipinski definition) is 0. The summed E-state index contributed by atoms with van der Waals surface area (Å²) in [6, 6.07) is 10.3. The van der Waals surface area contributed by atoms with Gasteiger partial charge in [0, 0.05) is 5.02 Å². The maximum absolute atomic E-state index is 12.8. The molecule has 1 aliphatic rings.